The molecule has 0 bridgehead atoms. The second-order valence-electron chi connectivity index (χ2n) is 5.40. The van der Waals surface area contributed by atoms with Gasteiger partial charge in [-0.15, -0.1) is 0 Å². The van der Waals surface area contributed by atoms with Crippen molar-refractivity contribution in [1.82, 2.24) is 5.32 Å². The number of amides is 2. The van der Waals surface area contributed by atoms with Crippen molar-refractivity contribution < 1.29 is 22.7 Å². The summed E-state index contributed by atoms with van der Waals surface area (Å²) in [6.45, 7) is 0. The van der Waals surface area contributed by atoms with Crippen molar-refractivity contribution in [3.8, 4) is 5.75 Å². The first-order valence-corrected chi connectivity index (χ1v) is 7.17. The number of halogens is 3. The second kappa shape index (κ2) is 6.89. The molecule has 2 rings (SSSR count). The van der Waals surface area contributed by atoms with Crippen LogP contribution in [0.2, 0.25) is 0 Å². The van der Waals surface area contributed by atoms with E-state index in [1.165, 1.54) is 7.11 Å². The van der Waals surface area contributed by atoms with E-state index < -0.39 is 24.2 Å². The molecule has 1 aliphatic rings. The first-order valence-electron chi connectivity index (χ1n) is 7.17. The van der Waals surface area contributed by atoms with Crippen molar-refractivity contribution in [3.63, 3.8) is 0 Å². The smallest absolute Gasteiger partial charge is 0.391 e. The molecule has 7 heteroatoms. The Kier molecular flexibility index (Phi) is 5.15. The summed E-state index contributed by atoms with van der Waals surface area (Å²) in [6.07, 6.45) is -3.10. The zero-order valence-electron chi connectivity index (χ0n) is 12.2. The molecule has 22 heavy (non-hydrogen) atoms. The average molecular weight is 316 g/mol. The van der Waals surface area contributed by atoms with E-state index in [1.54, 1.807) is 24.3 Å². The lowest BCUT2D eigenvalue weighted by atomic mass is 9.85. The molecule has 1 aliphatic carbocycles. The number of rotatable bonds is 3. The molecule has 1 aromatic rings. The number of methoxy groups -OCH3 is 1. The quantitative estimate of drug-likeness (QED) is 0.887. The number of para-hydroxylation sites is 2. The van der Waals surface area contributed by atoms with Gasteiger partial charge in [0, 0.05) is 6.04 Å². The number of hydrogen-bond donors (Lipinski definition) is 2. The van der Waals surface area contributed by atoms with Crippen LogP contribution in [-0.4, -0.2) is 25.4 Å². The lowest BCUT2D eigenvalue weighted by Gasteiger charge is -2.31. The van der Waals surface area contributed by atoms with Gasteiger partial charge in [0.1, 0.15) is 5.75 Å². The zero-order chi connectivity index (χ0) is 16.2. The molecule has 2 atom stereocenters. The fraction of sp³-hybridized carbons (Fsp3) is 0.533. The van der Waals surface area contributed by atoms with E-state index in [0.29, 0.717) is 24.3 Å². The average Bonchev–Trinajstić information content (AvgIpc) is 2.47. The van der Waals surface area contributed by atoms with Crippen LogP contribution in [0, 0.1) is 5.92 Å². The van der Waals surface area contributed by atoms with E-state index in [9.17, 15) is 18.0 Å². The van der Waals surface area contributed by atoms with Crippen LogP contribution >= 0.6 is 0 Å². The van der Waals surface area contributed by atoms with Gasteiger partial charge in [-0.05, 0) is 31.4 Å². The van der Waals surface area contributed by atoms with Gasteiger partial charge in [-0.25, -0.2) is 4.79 Å². The van der Waals surface area contributed by atoms with Crippen LogP contribution in [0.4, 0.5) is 23.7 Å². The monoisotopic (exact) mass is 316 g/mol. The lowest BCUT2D eigenvalue weighted by Crippen LogP contribution is -2.43. The standard InChI is InChI=1S/C15H19F3N2O2/c1-22-13-8-3-2-7-12(13)20-14(21)19-11-6-4-5-10(9-11)15(16,17)18/h2-3,7-8,10-11H,4-6,9H2,1H3,(H2,19,20,21)/t10-,11-/m0/s1. The predicted molar refractivity (Wildman–Crippen MR) is 76.9 cm³/mol. The highest BCUT2D eigenvalue weighted by Gasteiger charge is 2.42. The third kappa shape index (κ3) is 4.29. The number of carbonyl (C=O) groups is 1. The van der Waals surface area contributed by atoms with E-state index in [4.69, 9.17) is 4.74 Å². The molecule has 0 aliphatic heterocycles. The number of anilines is 1. The Morgan fingerprint density at radius 1 is 1.27 bits per heavy atom. The van der Waals surface area contributed by atoms with Gasteiger partial charge in [0.25, 0.3) is 0 Å². The molecule has 2 amide bonds. The second-order valence-corrected chi connectivity index (χ2v) is 5.40. The zero-order valence-corrected chi connectivity index (χ0v) is 12.2. The van der Waals surface area contributed by atoms with Gasteiger partial charge < -0.3 is 15.4 Å². The Bertz CT molecular complexity index is 520. The highest BCUT2D eigenvalue weighted by atomic mass is 19.4. The van der Waals surface area contributed by atoms with Crippen LogP contribution < -0.4 is 15.4 Å². The van der Waals surface area contributed by atoms with Gasteiger partial charge in [0.05, 0.1) is 18.7 Å². The molecule has 0 unspecified atom stereocenters. The molecule has 0 spiro atoms. The van der Waals surface area contributed by atoms with Crippen LogP contribution in [0.25, 0.3) is 0 Å². The summed E-state index contributed by atoms with van der Waals surface area (Å²) in [7, 11) is 1.48. The molecule has 4 nitrogen and oxygen atoms in total. The van der Waals surface area contributed by atoms with Gasteiger partial charge in [0.2, 0.25) is 0 Å². The molecule has 0 saturated heterocycles. The summed E-state index contributed by atoms with van der Waals surface area (Å²) >= 11 is 0. The van der Waals surface area contributed by atoms with E-state index in [2.05, 4.69) is 10.6 Å². The van der Waals surface area contributed by atoms with Gasteiger partial charge in [-0.1, -0.05) is 18.6 Å². The van der Waals surface area contributed by atoms with Gasteiger partial charge in [0.15, 0.2) is 0 Å². The van der Waals surface area contributed by atoms with Crippen LogP contribution in [0.3, 0.4) is 0 Å². The molecule has 1 aromatic carbocycles. The number of ether oxygens (including phenoxy) is 1. The summed E-state index contributed by atoms with van der Waals surface area (Å²) in [4.78, 5) is 11.9. The summed E-state index contributed by atoms with van der Waals surface area (Å²) in [5, 5.41) is 5.22. The van der Waals surface area contributed by atoms with Crippen molar-refractivity contribution in [1.29, 1.82) is 0 Å². The van der Waals surface area contributed by atoms with E-state index in [0.717, 1.165) is 0 Å². The molecule has 2 N–H and O–H groups in total. The fourth-order valence-electron chi connectivity index (χ4n) is 2.71. The van der Waals surface area contributed by atoms with E-state index in [-0.39, 0.29) is 12.8 Å². The van der Waals surface area contributed by atoms with Crippen LogP contribution in [0.5, 0.6) is 5.75 Å². The molecule has 1 fully saturated rings. The maximum absolute atomic E-state index is 12.8. The summed E-state index contributed by atoms with van der Waals surface area (Å²) < 4.78 is 43.4. The molecule has 0 radical (unpaired) electrons. The minimum Gasteiger partial charge on any atom is -0.495 e. The SMILES string of the molecule is COc1ccccc1NC(=O)N[C@H]1CCC[C@H](C(F)(F)F)C1. The Morgan fingerprint density at radius 2 is 2.00 bits per heavy atom. The first-order chi connectivity index (χ1) is 10.4. The van der Waals surface area contributed by atoms with Gasteiger partial charge in [-0.3, -0.25) is 0 Å². The summed E-state index contributed by atoms with van der Waals surface area (Å²) in [5.41, 5.74) is 0.477. The summed E-state index contributed by atoms with van der Waals surface area (Å²) in [5.74, 6) is -0.840. The highest BCUT2D eigenvalue weighted by Crippen LogP contribution is 2.37. The van der Waals surface area contributed by atoms with Crippen LogP contribution in [0.1, 0.15) is 25.7 Å². The number of urea groups is 1. The maximum atomic E-state index is 12.8. The minimum absolute atomic E-state index is 0.0666. The Labute approximate surface area is 127 Å². The fourth-order valence-corrected chi connectivity index (χ4v) is 2.71. The largest absolute Gasteiger partial charge is 0.495 e. The number of nitrogens with one attached hydrogen (secondary N) is 2. The van der Waals surface area contributed by atoms with Crippen molar-refractivity contribution in [2.75, 3.05) is 12.4 Å². The van der Waals surface area contributed by atoms with Crippen molar-refractivity contribution in [2.45, 2.75) is 37.9 Å². The molecule has 122 valence electrons. The Balaban J connectivity index is 1.92. The third-order valence-electron chi connectivity index (χ3n) is 3.83. The van der Waals surface area contributed by atoms with Gasteiger partial charge >= 0.3 is 12.2 Å². The number of alkyl halides is 3. The van der Waals surface area contributed by atoms with Gasteiger partial charge in [-0.2, -0.15) is 13.2 Å². The normalized spacial score (nSPS) is 22.0. The Hall–Kier alpha value is -1.92. The number of benzene rings is 1. The molecule has 0 aromatic heterocycles. The van der Waals surface area contributed by atoms with E-state index in [1.807, 2.05) is 0 Å². The number of carbonyl (C=O) groups excluding carboxylic acids is 1. The molecule has 0 heterocycles. The first kappa shape index (κ1) is 16.5. The van der Waals surface area contributed by atoms with Crippen molar-refractivity contribution in [2.24, 2.45) is 5.92 Å². The highest BCUT2D eigenvalue weighted by molar-refractivity contribution is 5.91. The topological polar surface area (TPSA) is 50.4 Å². The van der Waals surface area contributed by atoms with Crippen LogP contribution in [-0.2, 0) is 0 Å². The van der Waals surface area contributed by atoms with Crippen molar-refractivity contribution >= 4 is 11.7 Å². The molecular weight excluding hydrogens is 297 g/mol. The molecule has 1 saturated carbocycles. The summed E-state index contributed by atoms with van der Waals surface area (Å²) in [6, 6.07) is 5.87. The van der Waals surface area contributed by atoms with Crippen LogP contribution in [0.15, 0.2) is 24.3 Å². The minimum atomic E-state index is -4.19. The van der Waals surface area contributed by atoms with E-state index >= 15 is 0 Å². The Morgan fingerprint density at radius 3 is 2.68 bits per heavy atom. The van der Waals surface area contributed by atoms with Crippen molar-refractivity contribution in [3.05, 3.63) is 24.3 Å². The molecular formula is C15H19F3N2O2. The number of hydrogen-bond acceptors (Lipinski definition) is 2. The maximum Gasteiger partial charge on any atom is 0.391 e. The third-order valence-corrected chi connectivity index (χ3v) is 3.83. The lowest BCUT2D eigenvalue weighted by molar-refractivity contribution is -0.183. The predicted octanol–water partition coefficient (Wildman–Crippen LogP) is 3.94.